The Morgan fingerprint density at radius 3 is 1.94 bits per heavy atom. The highest BCUT2D eigenvalue weighted by atomic mass is 16.3. The molecule has 0 aliphatic carbocycles. The molecular formula is C44H59N11O12. The van der Waals surface area contributed by atoms with E-state index < -0.39 is 121 Å². The molecule has 1 fully saturated rings. The maximum atomic E-state index is 13.9. The van der Waals surface area contributed by atoms with Gasteiger partial charge in [-0.25, -0.2) is 0 Å². The minimum atomic E-state index is -1.79. The molecule has 1 aliphatic rings. The van der Waals surface area contributed by atoms with Gasteiger partial charge in [0.25, 0.3) is 0 Å². The summed E-state index contributed by atoms with van der Waals surface area (Å²) in [5.74, 6) is -8.93. The van der Waals surface area contributed by atoms with Crippen LogP contribution in [0.2, 0.25) is 0 Å². The number of nitrogens with one attached hydrogen (secondary N) is 9. The Bertz CT molecular complexity index is 2290. The number of aliphatic hydroxyl groups is 2. The molecule has 2 aromatic carbocycles. The van der Waals surface area contributed by atoms with E-state index >= 15 is 0 Å². The van der Waals surface area contributed by atoms with Gasteiger partial charge in [0.2, 0.25) is 59.1 Å². The van der Waals surface area contributed by atoms with Crippen LogP contribution in [0.5, 0.6) is 0 Å². The third kappa shape index (κ3) is 15.9. The smallest absolute Gasteiger partial charge is 0.245 e. The lowest BCUT2D eigenvalue weighted by Crippen LogP contribution is -2.61. The summed E-state index contributed by atoms with van der Waals surface area (Å²) < 4.78 is 0. The molecule has 4 rings (SSSR count). The summed E-state index contributed by atoms with van der Waals surface area (Å²) in [6.45, 7) is 2.97. The van der Waals surface area contributed by atoms with E-state index in [0.717, 1.165) is 17.8 Å². The molecule has 0 radical (unpaired) electrons. The number of nitrogens with two attached hydrogens (primary N) is 2. The van der Waals surface area contributed by atoms with Crippen LogP contribution in [0.3, 0.4) is 0 Å². The Balaban J connectivity index is 1.42. The number of carbonyl (C=O) groups is 10. The molecule has 3 aromatic rings. The molecule has 1 aliphatic heterocycles. The quantitative estimate of drug-likeness (QED) is 0.0387. The zero-order valence-corrected chi connectivity index (χ0v) is 37.3. The fraction of sp³-hybridized carbons (Fsp3) is 0.455. The highest BCUT2D eigenvalue weighted by Crippen LogP contribution is 2.19. The van der Waals surface area contributed by atoms with Gasteiger partial charge in [-0.15, -0.1) is 0 Å². The maximum Gasteiger partial charge on any atom is 0.245 e. The molecule has 362 valence electrons. The van der Waals surface area contributed by atoms with Gasteiger partial charge in [-0.2, -0.15) is 0 Å². The SMILES string of the molecule is CC(C)CC(NC(=O)C1CCC(=O)N1)C(=O)NC(CC(N)=O)C(=O)NC(Cc1ccccc1)C(=O)NC(CO)C(=O)NC(C(=O)NCC(=O)NC(Cc1c[nH]c2ccccc12)C(N)=O)C(C)O. The van der Waals surface area contributed by atoms with Gasteiger partial charge in [-0.1, -0.05) is 62.4 Å². The number of H-pyrrole nitrogens is 1. The summed E-state index contributed by atoms with van der Waals surface area (Å²) in [5.41, 5.74) is 13.0. The van der Waals surface area contributed by atoms with Crippen LogP contribution in [-0.2, 0) is 60.8 Å². The number of aromatic nitrogens is 1. The maximum absolute atomic E-state index is 13.9. The van der Waals surface area contributed by atoms with Gasteiger partial charge < -0.3 is 69.2 Å². The Hall–Kier alpha value is -7.40. The predicted molar refractivity (Wildman–Crippen MR) is 239 cm³/mol. The topological polar surface area (TPSA) is 375 Å². The van der Waals surface area contributed by atoms with E-state index in [1.807, 2.05) is 18.2 Å². The number of hydrogen-bond acceptors (Lipinski definition) is 12. The third-order valence-corrected chi connectivity index (χ3v) is 10.7. The van der Waals surface area contributed by atoms with Gasteiger partial charge in [-0.05, 0) is 42.9 Å². The molecule has 1 aromatic heterocycles. The molecule has 67 heavy (non-hydrogen) atoms. The molecule has 0 saturated carbocycles. The first-order chi connectivity index (χ1) is 31.8. The van der Waals surface area contributed by atoms with E-state index in [0.29, 0.717) is 11.1 Å². The molecule has 23 heteroatoms. The van der Waals surface area contributed by atoms with Crippen LogP contribution >= 0.6 is 0 Å². The number of amides is 10. The number of primary amides is 2. The van der Waals surface area contributed by atoms with Gasteiger partial charge in [0.15, 0.2) is 0 Å². The lowest BCUT2D eigenvalue weighted by molar-refractivity contribution is -0.137. The van der Waals surface area contributed by atoms with E-state index in [9.17, 15) is 58.2 Å². The summed E-state index contributed by atoms with van der Waals surface area (Å²) in [6.07, 6.45) is -0.389. The van der Waals surface area contributed by atoms with Crippen molar-refractivity contribution in [3.05, 3.63) is 71.9 Å². The van der Waals surface area contributed by atoms with Gasteiger partial charge in [-0.3, -0.25) is 47.9 Å². The lowest BCUT2D eigenvalue weighted by Gasteiger charge is -2.27. The molecule has 8 atom stereocenters. The van der Waals surface area contributed by atoms with Crippen molar-refractivity contribution < 1.29 is 58.2 Å². The highest BCUT2D eigenvalue weighted by molar-refractivity contribution is 5.99. The van der Waals surface area contributed by atoms with E-state index in [1.165, 1.54) is 0 Å². The predicted octanol–water partition coefficient (Wildman–Crippen LogP) is -3.96. The number of fused-ring (bicyclic) bond motifs is 1. The van der Waals surface area contributed by atoms with Gasteiger partial charge in [0, 0.05) is 36.4 Å². The standard InChI is InChI=1S/C44H59N11O12/c1-22(2)15-30(51-39(62)28-13-14-35(59)49-28)40(63)53-32(18-34(45)58)42(65)52-31(16-24-9-5-4-6-10-24)41(64)54-33(21-56)43(66)55-37(23(3)57)44(67)48-20-36(60)50-29(38(46)61)17-25-19-47-27-12-8-7-11-26(25)27/h4-12,19,22-23,28-33,37,47,56-57H,13-18,20-21H2,1-3H3,(H2,45,58)(H2,46,61)(H,48,67)(H,49,59)(H,50,60)(H,51,62)(H,52,65)(H,53,63)(H,54,64)(H,55,66). The molecular weight excluding hydrogens is 875 g/mol. The van der Waals surface area contributed by atoms with Crippen molar-refractivity contribution in [1.29, 1.82) is 0 Å². The van der Waals surface area contributed by atoms with E-state index in [1.54, 1.807) is 56.4 Å². The fourth-order valence-corrected chi connectivity index (χ4v) is 7.19. The summed E-state index contributed by atoms with van der Waals surface area (Å²) in [4.78, 5) is 133. The van der Waals surface area contributed by atoms with Crippen molar-refractivity contribution in [2.45, 2.75) is 108 Å². The molecule has 8 unspecified atom stereocenters. The second kappa shape index (κ2) is 24.8. The normalized spacial score (nSPS) is 16.4. The van der Waals surface area contributed by atoms with Crippen LogP contribution in [-0.4, -0.2) is 136 Å². The largest absolute Gasteiger partial charge is 0.394 e. The molecule has 10 amide bonds. The number of benzene rings is 2. The van der Waals surface area contributed by atoms with E-state index in [-0.39, 0.29) is 43.9 Å². The molecule has 15 N–H and O–H groups in total. The zero-order valence-electron chi connectivity index (χ0n) is 37.3. The minimum absolute atomic E-state index is 0.0317. The minimum Gasteiger partial charge on any atom is -0.394 e. The molecule has 1 saturated heterocycles. The summed E-state index contributed by atoms with van der Waals surface area (Å²) >= 11 is 0. The van der Waals surface area contributed by atoms with Crippen molar-refractivity contribution in [2.24, 2.45) is 17.4 Å². The van der Waals surface area contributed by atoms with Crippen LogP contribution in [0.1, 0.15) is 57.6 Å². The first-order valence-corrected chi connectivity index (χ1v) is 21.6. The molecule has 0 spiro atoms. The average Bonchev–Trinajstić information content (AvgIpc) is 3.91. The lowest BCUT2D eigenvalue weighted by atomic mass is 10.0. The average molecular weight is 934 g/mol. The second-order valence-electron chi connectivity index (χ2n) is 16.6. The number of para-hydroxylation sites is 1. The van der Waals surface area contributed by atoms with E-state index in [2.05, 4.69) is 47.5 Å². The van der Waals surface area contributed by atoms with Gasteiger partial charge in [0.05, 0.1) is 25.7 Å². The van der Waals surface area contributed by atoms with Gasteiger partial charge >= 0.3 is 0 Å². The van der Waals surface area contributed by atoms with Crippen LogP contribution < -0.4 is 54.0 Å². The van der Waals surface area contributed by atoms with Crippen LogP contribution in [0.25, 0.3) is 10.9 Å². The van der Waals surface area contributed by atoms with Crippen LogP contribution in [0.15, 0.2) is 60.8 Å². The Labute approximate surface area is 385 Å². The highest BCUT2D eigenvalue weighted by Gasteiger charge is 2.36. The van der Waals surface area contributed by atoms with Crippen LogP contribution in [0, 0.1) is 5.92 Å². The first-order valence-electron chi connectivity index (χ1n) is 21.6. The fourth-order valence-electron chi connectivity index (χ4n) is 7.19. The van der Waals surface area contributed by atoms with Crippen molar-refractivity contribution in [1.82, 2.24) is 47.5 Å². The van der Waals surface area contributed by atoms with Crippen LogP contribution in [0.4, 0.5) is 0 Å². The molecule has 2 heterocycles. The van der Waals surface area contributed by atoms with E-state index in [4.69, 9.17) is 11.5 Å². The Morgan fingerprint density at radius 1 is 0.716 bits per heavy atom. The molecule has 23 nitrogen and oxygen atoms in total. The zero-order chi connectivity index (χ0) is 49.4. The Kier molecular flexibility index (Phi) is 19.3. The summed E-state index contributed by atoms with van der Waals surface area (Å²) in [6, 6.07) is 5.57. The number of aromatic amines is 1. The van der Waals surface area contributed by atoms with Crippen molar-refractivity contribution in [2.75, 3.05) is 13.2 Å². The van der Waals surface area contributed by atoms with Crippen molar-refractivity contribution in [3.63, 3.8) is 0 Å². The van der Waals surface area contributed by atoms with Crippen molar-refractivity contribution in [3.8, 4) is 0 Å². The van der Waals surface area contributed by atoms with Crippen molar-refractivity contribution >= 4 is 70.0 Å². The number of hydrogen-bond donors (Lipinski definition) is 13. The number of rotatable bonds is 25. The first kappa shape index (κ1) is 52.2. The Morgan fingerprint density at radius 2 is 1.33 bits per heavy atom. The second-order valence-corrected chi connectivity index (χ2v) is 16.6. The summed E-state index contributed by atoms with van der Waals surface area (Å²) in [5, 5.41) is 40.7. The van der Waals surface area contributed by atoms with Gasteiger partial charge in [0.1, 0.15) is 42.3 Å². The monoisotopic (exact) mass is 933 g/mol. The molecule has 0 bridgehead atoms. The number of carbonyl (C=O) groups excluding carboxylic acids is 10. The summed E-state index contributed by atoms with van der Waals surface area (Å²) in [7, 11) is 0. The third-order valence-electron chi connectivity index (χ3n) is 10.7. The number of aliphatic hydroxyl groups excluding tert-OH is 2.